The van der Waals surface area contributed by atoms with Gasteiger partial charge in [-0.05, 0) is 29.8 Å². The van der Waals surface area contributed by atoms with Crippen molar-refractivity contribution in [1.29, 1.82) is 0 Å². The minimum atomic E-state index is -0.524. The Labute approximate surface area is 164 Å². The molecule has 1 aliphatic heterocycles. The number of carbonyl (C=O) groups is 1. The Morgan fingerprint density at radius 3 is 2.39 bits per heavy atom. The van der Waals surface area contributed by atoms with Crippen molar-refractivity contribution in [3.63, 3.8) is 0 Å². The van der Waals surface area contributed by atoms with E-state index in [1.54, 1.807) is 14.2 Å². The van der Waals surface area contributed by atoms with E-state index in [-0.39, 0.29) is 17.4 Å². The molecule has 3 heterocycles. The molecule has 1 spiro atoms. The molecule has 1 saturated carbocycles. The molecule has 5 rings (SSSR count). The van der Waals surface area contributed by atoms with Crippen LogP contribution in [-0.2, 0) is 9.47 Å². The highest BCUT2D eigenvalue weighted by Gasteiger charge is 2.67. The first-order chi connectivity index (χ1) is 13.6. The zero-order chi connectivity index (χ0) is 19.4. The van der Waals surface area contributed by atoms with Crippen LogP contribution in [0.4, 0.5) is 0 Å². The minimum absolute atomic E-state index is 0.0100. The predicted octanol–water partition coefficient (Wildman–Crippen LogP) is 3.91. The number of pyridine rings is 1. The van der Waals surface area contributed by atoms with Gasteiger partial charge in [-0.25, -0.2) is 0 Å². The number of rotatable bonds is 4. The van der Waals surface area contributed by atoms with Crippen molar-refractivity contribution in [3.05, 3.63) is 78.1 Å². The van der Waals surface area contributed by atoms with Crippen LogP contribution in [0.2, 0.25) is 0 Å². The zero-order valence-electron chi connectivity index (χ0n) is 16.2. The number of hydrogen-bond donors (Lipinski definition) is 0. The maximum Gasteiger partial charge on any atom is 0.271 e. The summed E-state index contributed by atoms with van der Waals surface area (Å²) in [7, 11) is 3.39. The summed E-state index contributed by atoms with van der Waals surface area (Å²) in [6.07, 6.45) is 3.54. The van der Waals surface area contributed by atoms with Crippen molar-refractivity contribution in [2.45, 2.75) is 24.7 Å². The summed E-state index contributed by atoms with van der Waals surface area (Å²) in [6.45, 7) is 0.722. The highest BCUT2D eigenvalue weighted by Crippen LogP contribution is 2.65. The smallest absolute Gasteiger partial charge is 0.271 e. The van der Waals surface area contributed by atoms with E-state index in [9.17, 15) is 4.79 Å². The number of methoxy groups -OCH3 is 2. The van der Waals surface area contributed by atoms with E-state index in [0.29, 0.717) is 5.69 Å². The van der Waals surface area contributed by atoms with Crippen molar-refractivity contribution in [2.75, 3.05) is 20.8 Å². The van der Waals surface area contributed by atoms with E-state index in [4.69, 9.17) is 9.47 Å². The van der Waals surface area contributed by atoms with E-state index < -0.39 is 5.79 Å². The third-order valence-corrected chi connectivity index (χ3v) is 6.52. The summed E-state index contributed by atoms with van der Waals surface area (Å²) in [6, 6.07) is 20.2. The molecule has 2 aliphatic rings. The van der Waals surface area contributed by atoms with Gasteiger partial charge in [0, 0.05) is 50.7 Å². The molecule has 1 aliphatic carbocycles. The summed E-state index contributed by atoms with van der Waals surface area (Å²) in [5.41, 5.74) is 2.91. The first-order valence-corrected chi connectivity index (χ1v) is 9.64. The average molecular weight is 376 g/mol. The molecule has 1 saturated heterocycles. The van der Waals surface area contributed by atoms with Crippen molar-refractivity contribution >= 4 is 11.4 Å². The number of likely N-dealkylation sites (tertiary alicyclic amines) is 1. The van der Waals surface area contributed by atoms with Crippen LogP contribution >= 0.6 is 0 Å². The number of hydrogen-bond acceptors (Lipinski definition) is 3. The molecule has 144 valence electrons. The predicted molar refractivity (Wildman–Crippen MR) is 106 cm³/mol. The van der Waals surface area contributed by atoms with Crippen LogP contribution in [0.1, 0.15) is 34.9 Å². The molecule has 28 heavy (non-hydrogen) atoms. The monoisotopic (exact) mass is 376 g/mol. The number of aromatic nitrogens is 1. The molecule has 1 aromatic carbocycles. The van der Waals surface area contributed by atoms with Crippen LogP contribution in [0, 0.1) is 5.41 Å². The van der Waals surface area contributed by atoms with Crippen molar-refractivity contribution < 1.29 is 14.3 Å². The fourth-order valence-electron chi connectivity index (χ4n) is 5.17. The lowest BCUT2D eigenvalue weighted by Crippen LogP contribution is -2.71. The second-order valence-electron chi connectivity index (χ2n) is 8.00. The topological polar surface area (TPSA) is 43.2 Å². The molecule has 5 heteroatoms. The Hall–Kier alpha value is -2.63. The molecule has 3 aromatic rings. The molecule has 1 amide bonds. The summed E-state index contributed by atoms with van der Waals surface area (Å²) < 4.78 is 13.2. The maximum atomic E-state index is 13.5. The van der Waals surface area contributed by atoms with Gasteiger partial charge in [0.25, 0.3) is 5.91 Å². The highest BCUT2D eigenvalue weighted by molar-refractivity contribution is 5.95. The van der Waals surface area contributed by atoms with Gasteiger partial charge in [0.1, 0.15) is 5.69 Å². The Bertz CT molecular complexity index is 1010. The van der Waals surface area contributed by atoms with E-state index in [1.165, 1.54) is 5.56 Å². The standard InChI is InChI=1S/C23H24N2O3/c1-27-23(28-2)14-22(15-23)16-25(20(22)17-8-4-3-5-9-17)21(26)19-12-11-18-10-6-7-13-24(18)19/h3-13,20H,14-16H2,1-2H3. The minimum Gasteiger partial charge on any atom is -0.353 e. The molecular weight excluding hydrogens is 352 g/mol. The van der Waals surface area contributed by atoms with Crippen molar-refractivity contribution in [1.82, 2.24) is 9.30 Å². The largest absolute Gasteiger partial charge is 0.353 e. The lowest BCUT2D eigenvalue weighted by atomic mass is 9.53. The molecule has 1 atom stereocenters. The van der Waals surface area contributed by atoms with Crippen LogP contribution in [0.5, 0.6) is 0 Å². The quantitative estimate of drug-likeness (QED) is 0.649. The van der Waals surface area contributed by atoms with Crippen LogP contribution in [0.15, 0.2) is 66.9 Å². The maximum absolute atomic E-state index is 13.5. The van der Waals surface area contributed by atoms with Crippen LogP contribution in [-0.4, -0.2) is 41.8 Å². The summed E-state index contributed by atoms with van der Waals surface area (Å²) in [5.74, 6) is -0.456. The molecule has 2 fully saturated rings. The highest BCUT2D eigenvalue weighted by atomic mass is 16.7. The van der Waals surface area contributed by atoms with Gasteiger partial charge in [-0.15, -0.1) is 0 Å². The molecule has 5 nitrogen and oxygen atoms in total. The van der Waals surface area contributed by atoms with Gasteiger partial charge in [0.05, 0.1) is 6.04 Å². The SMILES string of the molecule is COC1(OC)CC2(CN(C(=O)c3ccc4ccccn34)C2c2ccccc2)C1. The number of carbonyl (C=O) groups excluding carboxylic acids is 1. The summed E-state index contributed by atoms with van der Waals surface area (Å²) in [5, 5.41) is 0. The Morgan fingerprint density at radius 2 is 1.68 bits per heavy atom. The Balaban J connectivity index is 1.49. The second-order valence-corrected chi connectivity index (χ2v) is 8.00. The third kappa shape index (κ3) is 2.36. The van der Waals surface area contributed by atoms with Gasteiger partial charge in [-0.3, -0.25) is 4.79 Å². The van der Waals surface area contributed by atoms with E-state index >= 15 is 0 Å². The molecule has 0 radical (unpaired) electrons. The summed E-state index contributed by atoms with van der Waals surface area (Å²) >= 11 is 0. The number of fused-ring (bicyclic) bond motifs is 1. The number of amides is 1. The number of ether oxygens (including phenoxy) is 2. The molecule has 1 unspecified atom stereocenters. The van der Waals surface area contributed by atoms with E-state index in [2.05, 4.69) is 12.1 Å². The Kier molecular flexibility index (Phi) is 3.86. The van der Waals surface area contributed by atoms with E-state index in [1.807, 2.05) is 64.0 Å². The van der Waals surface area contributed by atoms with Crippen LogP contribution < -0.4 is 0 Å². The fourth-order valence-corrected chi connectivity index (χ4v) is 5.17. The van der Waals surface area contributed by atoms with Gasteiger partial charge in [-0.2, -0.15) is 0 Å². The van der Waals surface area contributed by atoms with Crippen molar-refractivity contribution in [3.8, 4) is 0 Å². The fraction of sp³-hybridized carbons (Fsp3) is 0.348. The number of nitrogens with zero attached hydrogens (tertiary/aromatic N) is 2. The lowest BCUT2D eigenvalue weighted by molar-refractivity contribution is -0.330. The van der Waals surface area contributed by atoms with Gasteiger partial charge in [-0.1, -0.05) is 36.4 Å². The lowest BCUT2D eigenvalue weighted by Gasteiger charge is -2.67. The van der Waals surface area contributed by atoms with Crippen LogP contribution in [0.25, 0.3) is 5.52 Å². The van der Waals surface area contributed by atoms with E-state index in [0.717, 1.165) is 24.9 Å². The zero-order valence-corrected chi connectivity index (χ0v) is 16.2. The number of benzene rings is 1. The average Bonchev–Trinajstić information content (AvgIpc) is 3.12. The normalized spacial score (nSPS) is 22.1. The molecule has 2 aromatic heterocycles. The Morgan fingerprint density at radius 1 is 0.964 bits per heavy atom. The van der Waals surface area contributed by atoms with Gasteiger partial charge < -0.3 is 18.8 Å². The first-order valence-electron chi connectivity index (χ1n) is 9.64. The third-order valence-electron chi connectivity index (χ3n) is 6.52. The van der Waals surface area contributed by atoms with Gasteiger partial charge in [0.15, 0.2) is 5.79 Å². The molecular formula is C23H24N2O3. The molecule has 0 N–H and O–H groups in total. The second kappa shape index (κ2) is 6.19. The molecule has 0 bridgehead atoms. The first kappa shape index (κ1) is 17.5. The van der Waals surface area contributed by atoms with Gasteiger partial charge in [0.2, 0.25) is 0 Å². The van der Waals surface area contributed by atoms with Crippen molar-refractivity contribution in [2.24, 2.45) is 5.41 Å². The van der Waals surface area contributed by atoms with Gasteiger partial charge >= 0.3 is 0 Å². The van der Waals surface area contributed by atoms with Crippen LogP contribution in [0.3, 0.4) is 0 Å². The summed E-state index contributed by atoms with van der Waals surface area (Å²) in [4.78, 5) is 15.5.